The summed E-state index contributed by atoms with van der Waals surface area (Å²) in [6.45, 7) is 4.90. The number of amides is 1. The number of benzene rings is 1. The molecule has 1 spiro atoms. The molecule has 2 aliphatic heterocycles. The van der Waals surface area contributed by atoms with E-state index in [0.29, 0.717) is 24.8 Å². The highest BCUT2D eigenvalue weighted by atomic mass is 16.5. The van der Waals surface area contributed by atoms with Gasteiger partial charge in [0.1, 0.15) is 5.75 Å². The third-order valence-electron chi connectivity index (χ3n) is 5.82. The molecule has 1 N–H and O–H groups in total. The Balaban J connectivity index is 1.52. The molecular weight excluding hydrogens is 316 g/mol. The Morgan fingerprint density at radius 2 is 1.88 bits per heavy atom. The van der Waals surface area contributed by atoms with Crippen molar-refractivity contribution in [1.82, 2.24) is 9.80 Å². The van der Waals surface area contributed by atoms with Crippen LogP contribution in [-0.4, -0.2) is 60.7 Å². The zero-order valence-corrected chi connectivity index (χ0v) is 15.2. The summed E-state index contributed by atoms with van der Waals surface area (Å²) in [4.78, 5) is 16.6. The van der Waals surface area contributed by atoms with Gasteiger partial charge < -0.3 is 14.7 Å². The number of piperidine rings is 2. The van der Waals surface area contributed by atoms with Crippen molar-refractivity contribution in [3.05, 3.63) is 29.8 Å². The first-order chi connectivity index (χ1) is 12.1. The minimum Gasteiger partial charge on any atom is -0.497 e. The van der Waals surface area contributed by atoms with Crippen LogP contribution in [0.15, 0.2) is 24.3 Å². The maximum Gasteiger partial charge on any atom is 0.222 e. The topological polar surface area (TPSA) is 53.0 Å². The molecule has 2 heterocycles. The van der Waals surface area contributed by atoms with Crippen LogP contribution in [0, 0.1) is 5.41 Å². The van der Waals surface area contributed by atoms with E-state index >= 15 is 0 Å². The summed E-state index contributed by atoms with van der Waals surface area (Å²) in [5.41, 5.74) is 1.61. The van der Waals surface area contributed by atoms with Crippen LogP contribution in [0.25, 0.3) is 0 Å². The Morgan fingerprint density at radius 1 is 1.16 bits per heavy atom. The van der Waals surface area contributed by atoms with Gasteiger partial charge in [0.2, 0.25) is 5.91 Å². The van der Waals surface area contributed by atoms with Gasteiger partial charge in [-0.05, 0) is 61.9 Å². The molecule has 0 bridgehead atoms. The number of nitrogens with zero attached hydrogens (tertiary/aromatic N) is 2. The Labute approximate surface area is 150 Å². The smallest absolute Gasteiger partial charge is 0.222 e. The summed E-state index contributed by atoms with van der Waals surface area (Å²) in [6, 6.07) is 8.32. The molecule has 0 aromatic heterocycles. The van der Waals surface area contributed by atoms with E-state index in [0.717, 1.165) is 51.2 Å². The van der Waals surface area contributed by atoms with Gasteiger partial charge in [-0.2, -0.15) is 0 Å². The minimum absolute atomic E-state index is 0.159. The van der Waals surface area contributed by atoms with E-state index in [9.17, 15) is 4.79 Å². The quantitative estimate of drug-likeness (QED) is 0.859. The molecule has 2 saturated heterocycles. The monoisotopic (exact) mass is 346 g/mol. The molecular formula is C20H30N2O3. The van der Waals surface area contributed by atoms with Crippen LogP contribution in [-0.2, 0) is 11.3 Å². The number of carbonyl (C=O) groups is 1. The maximum atomic E-state index is 12.1. The maximum absolute atomic E-state index is 12.1. The predicted molar refractivity (Wildman–Crippen MR) is 97.5 cm³/mol. The van der Waals surface area contributed by atoms with Gasteiger partial charge in [-0.3, -0.25) is 9.69 Å². The Morgan fingerprint density at radius 3 is 2.52 bits per heavy atom. The fraction of sp³-hybridized carbons (Fsp3) is 0.650. The fourth-order valence-electron chi connectivity index (χ4n) is 4.15. The van der Waals surface area contributed by atoms with E-state index < -0.39 is 0 Å². The van der Waals surface area contributed by atoms with Crippen LogP contribution < -0.4 is 4.74 Å². The van der Waals surface area contributed by atoms with Gasteiger partial charge in [-0.15, -0.1) is 0 Å². The second kappa shape index (κ2) is 8.19. The first kappa shape index (κ1) is 18.2. The number of ether oxygens (including phenoxy) is 1. The van der Waals surface area contributed by atoms with Crippen molar-refractivity contribution in [2.45, 2.75) is 38.6 Å². The second-order valence-corrected chi connectivity index (χ2v) is 7.52. The van der Waals surface area contributed by atoms with Crippen molar-refractivity contribution in [3.63, 3.8) is 0 Å². The SMILES string of the molecule is COc1ccc(CN2CCC3(CCC(=O)N(CCCO)C3)CC2)cc1. The molecule has 0 atom stereocenters. The number of aliphatic hydroxyl groups is 1. The zero-order valence-electron chi connectivity index (χ0n) is 15.2. The van der Waals surface area contributed by atoms with Crippen LogP contribution in [0.4, 0.5) is 0 Å². The molecule has 2 aliphatic rings. The summed E-state index contributed by atoms with van der Waals surface area (Å²) in [6.07, 6.45) is 4.70. The van der Waals surface area contributed by atoms with E-state index in [-0.39, 0.29) is 12.5 Å². The van der Waals surface area contributed by atoms with Crippen molar-refractivity contribution in [3.8, 4) is 5.75 Å². The minimum atomic E-state index is 0.159. The summed E-state index contributed by atoms with van der Waals surface area (Å²) < 4.78 is 5.22. The molecule has 0 saturated carbocycles. The van der Waals surface area contributed by atoms with E-state index in [1.165, 1.54) is 5.56 Å². The van der Waals surface area contributed by atoms with Crippen LogP contribution in [0.3, 0.4) is 0 Å². The number of carbonyl (C=O) groups excluding carboxylic acids is 1. The summed E-state index contributed by atoms with van der Waals surface area (Å²) in [7, 11) is 1.69. The van der Waals surface area contributed by atoms with Gasteiger partial charge in [0, 0.05) is 32.7 Å². The first-order valence-corrected chi connectivity index (χ1v) is 9.38. The van der Waals surface area contributed by atoms with Crippen LogP contribution in [0.1, 0.15) is 37.7 Å². The normalized spacial score (nSPS) is 20.9. The second-order valence-electron chi connectivity index (χ2n) is 7.52. The molecule has 1 amide bonds. The number of methoxy groups -OCH3 is 1. The molecule has 1 aromatic carbocycles. The molecule has 0 aliphatic carbocycles. The zero-order chi connectivity index (χ0) is 17.7. The lowest BCUT2D eigenvalue weighted by Crippen LogP contribution is -2.51. The standard InChI is InChI=1S/C20H30N2O3/c1-25-18-5-3-17(4-6-18)15-21-12-9-20(10-13-21)8-7-19(24)22(16-20)11-2-14-23/h3-6,23H,2,7-16H2,1H3. The van der Waals surface area contributed by atoms with Gasteiger partial charge >= 0.3 is 0 Å². The lowest BCUT2D eigenvalue weighted by atomic mass is 9.72. The van der Waals surface area contributed by atoms with Crippen LogP contribution in [0.5, 0.6) is 5.75 Å². The number of likely N-dealkylation sites (tertiary alicyclic amines) is 2. The van der Waals surface area contributed by atoms with Crippen molar-refractivity contribution in [1.29, 1.82) is 0 Å². The first-order valence-electron chi connectivity index (χ1n) is 9.38. The average molecular weight is 346 g/mol. The molecule has 2 fully saturated rings. The lowest BCUT2D eigenvalue weighted by molar-refractivity contribution is -0.139. The summed E-state index contributed by atoms with van der Waals surface area (Å²) in [5.74, 6) is 1.16. The van der Waals surface area contributed by atoms with Crippen LogP contribution in [0.2, 0.25) is 0 Å². The largest absolute Gasteiger partial charge is 0.497 e. The highest BCUT2D eigenvalue weighted by Crippen LogP contribution is 2.40. The highest BCUT2D eigenvalue weighted by molar-refractivity contribution is 5.77. The third kappa shape index (κ3) is 4.53. The highest BCUT2D eigenvalue weighted by Gasteiger charge is 2.40. The van der Waals surface area contributed by atoms with Gasteiger partial charge in [0.05, 0.1) is 7.11 Å². The van der Waals surface area contributed by atoms with Crippen molar-refractivity contribution in [2.75, 3.05) is 39.9 Å². The third-order valence-corrected chi connectivity index (χ3v) is 5.82. The van der Waals surface area contributed by atoms with E-state index in [1.54, 1.807) is 7.11 Å². The molecule has 0 radical (unpaired) electrons. The molecule has 1 aromatic rings. The average Bonchev–Trinajstić information content (AvgIpc) is 2.65. The Kier molecular flexibility index (Phi) is 5.97. The number of aliphatic hydroxyl groups excluding tert-OH is 1. The molecule has 3 rings (SSSR count). The molecule has 0 unspecified atom stereocenters. The van der Waals surface area contributed by atoms with E-state index in [4.69, 9.17) is 9.84 Å². The van der Waals surface area contributed by atoms with Crippen molar-refractivity contribution >= 4 is 5.91 Å². The van der Waals surface area contributed by atoms with Gasteiger partial charge in [-0.1, -0.05) is 12.1 Å². The van der Waals surface area contributed by atoms with Gasteiger partial charge in [0.15, 0.2) is 0 Å². The van der Waals surface area contributed by atoms with E-state index in [2.05, 4.69) is 17.0 Å². The lowest BCUT2D eigenvalue weighted by Gasteiger charge is -2.47. The molecule has 25 heavy (non-hydrogen) atoms. The number of rotatable bonds is 6. The molecule has 5 nitrogen and oxygen atoms in total. The Hall–Kier alpha value is -1.59. The van der Waals surface area contributed by atoms with E-state index in [1.807, 2.05) is 17.0 Å². The number of hydrogen-bond acceptors (Lipinski definition) is 4. The van der Waals surface area contributed by atoms with Gasteiger partial charge in [-0.25, -0.2) is 0 Å². The van der Waals surface area contributed by atoms with Crippen LogP contribution >= 0.6 is 0 Å². The van der Waals surface area contributed by atoms with Gasteiger partial charge in [0.25, 0.3) is 0 Å². The van der Waals surface area contributed by atoms with Crippen molar-refractivity contribution < 1.29 is 14.6 Å². The fourth-order valence-corrected chi connectivity index (χ4v) is 4.15. The molecule has 5 heteroatoms. The Bertz CT molecular complexity index is 565. The summed E-state index contributed by atoms with van der Waals surface area (Å²) in [5, 5.41) is 9.04. The summed E-state index contributed by atoms with van der Waals surface area (Å²) >= 11 is 0. The predicted octanol–water partition coefficient (Wildman–Crippen LogP) is 2.28. The molecule has 138 valence electrons. The number of hydrogen-bond donors (Lipinski definition) is 1. The van der Waals surface area contributed by atoms with Crippen molar-refractivity contribution in [2.24, 2.45) is 5.41 Å².